The van der Waals surface area contributed by atoms with Crippen LogP contribution in [0.25, 0.3) is 0 Å². The molecule has 0 aliphatic carbocycles. The molecular weight excluding hydrogens is 283 g/mol. The van der Waals surface area contributed by atoms with Crippen LogP contribution in [0, 0.1) is 0 Å². The van der Waals surface area contributed by atoms with Gasteiger partial charge in [0.25, 0.3) is 0 Å². The van der Waals surface area contributed by atoms with Gasteiger partial charge in [-0.3, -0.25) is 0 Å². The Morgan fingerprint density at radius 2 is 1.74 bits per heavy atom. The van der Waals surface area contributed by atoms with E-state index in [0.29, 0.717) is 17.1 Å². The molecule has 0 bridgehead atoms. The van der Waals surface area contributed by atoms with Crippen LogP contribution in [-0.4, -0.2) is 20.4 Å². The van der Waals surface area contributed by atoms with E-state index in [4.69, 9.17) is 15.2 Å². The third-order valence-corrected chi connectivity index (χ3v) is 2.57. The highest BCUT2D eigenvalue weighted by molar-refractivity contribution is 5.85. The summed E-state index contributed by atoms with van der Waals surface area (Å²) in [5.41, 5.74) is 6.32. The normalized spacial score (nSPS) is 12.5. The Hall–Kier alpha value is -1.14. The number of hydrogen-bond acceptors (Lipinski definition) is 3. The minimum atomic E-state index is -4.19. The molecular formula is C12H17ClF3NO2. The molecule has 0 unspecified atom stereocenters. The fourth-order valence-electron chi connectivity index (χ4n) is 1.57. The molecule has 7 heteroatoms. The van der Waals surface area contributed by atoms with E-state index in [9.17, 15) is 13.2 Å². The van der Waals surface area contributed by atoms with Gasteiger partial charge in [-0.05, 0) is 24.1 Å². The molecule has 1 atom stereocenters. The van der Waals surface area contributed by atoms with Gasteiger partial charge in [-0.1, -0.05) is 6.07 Å². The van der Waals surface area contributed by atoms with Gasteiger partial charge in [0, 0.05) is 12.5 Å². The van der Waals surface area contributed by atoms with Crippen molar-refractivity contribution in [2.24, 2.45) is 5.73 Å². The Balaban J connectivity index is 0.00000324. The number of ether oxygens (including phenoxy) is 2. The second kappa shape index (κ2) is 7.45. The quantitative estimate of drug-likeness (QED) is 0.905. The lowest BCUT2D eigenvalue weighted by Gasteiger charge is -2.15. The lowest BCUT2D eigenvalue weighted by molar-refractivity contribution is -0.136. The van der Waals surface area contributed by atoms with Crippen LogP contribution in [-0.2, 0) is 0 Å². The summed E-state index contributed by atoms with van der Waals surface area (Å²) < 4.78 is 46.4. The summed E-state index contributed by atoms with van der Waals surface area (Å²) in [7, 11) is 2.95. The molecule has 19 heavy (non-hydrogen) atoms. The van der Waals surface area contributed by atoms with Crippen LogP contribution in [0.15, 0.2) is 18.2 Å². The highest BCUT2D eigenvalue weighted by Gasteiger charge is 2.28. The van der Waals surface area contributed by atoms with Crippen molar-refractivity contribution in [3.05, 3.63) is 23.8 Å². The van der Waals surface area contributed by atoms with Crippen LogP contribution in [0.4, 0.5) is 13.2 Å². The lowest BCUT2D eigenvalue weighted by atomic mass is 10.0. The van der Waals surface area contributed by atoms with Gasteiger partial charge in [0.1, 0.15) is 0 Å². The van der Waals surface area contributed by atoms with E-state index in [2.05, 4.69) is 0 Å². The van der Waals surface area contributed by atoms with Crippen molar-refractivity contribution < 1.29 is 22.6 Å². The molecule has 0 saturated heterocycles. The molecule has 0 aromatic heterocycles. The van der Waals surface area contributed by atoms with Gasteiger partial charge in [0.05, 0.1) is 14.2 Å². The van der Waals surface area contributed by atoms with Crippen LogP contribution in [0.5, 0.6) is 11.5 Å². The maximum absolute atomic E-state index is 12.1. The summed E-state index contributed by atoms with van der Waals surface area (Å²) in [6.45, 7) is 0. The highest BCUT2D eigenvalue weighted by Crippen LogP contribution is 2.32. The number of nitrogens with two attached hydrogens (primary N) is 1. The second-order valence-electron chi connectivity index (χ2n) is 3.87. The third kappa shape index (κ3) is 5.57. The molecule has 0 spiro atoms. The first kappa shape index (κ1) is 17.9. The van der Waals surface area contributed by atoms with Gasteiger partial charge in [0.2, 0.25) is 0 Å². The molecule has 0 aliphatic rings. The van der Waals surface area contributed by atoms with Gasteiger partial charge in [-0.25, -0.2) is 0 Å². The summed E-state index contributed by atoms with van der Waals surface area (Å²) >= 11 is 0. The predicted octanol–water partition coefficient (Wildman–Crippen LogP) is 3.47. The minimum Gasteiger partial charge on any atom is -0.493 e. The topological polar surface area (TPSA) is 44.5 Å². The molecule has 0 aliphatic heterocycles. The van der Waals surface area contributed by atoms with Gasteiger partial charge < -0.3 is 15.2 Å². The maximum atomic E-state index is 12.1. The first-order valence-corrected chi connectivity index (χ1v) is 5.41. The predicted molar refractivity (Wildman–Crippen MR) is 69.0 cm³/mol. The average Bonchev–Trinajstić information content (AvgIpc) is 2.34. The Morgan fingerprint density at radius 1 is 1.16 bits per heavy atom. The Labute approximate surface area is 116 Å². The first-order valence-electron chi connectivity index (χ1n) is 5.41. The summed E-state index contributed by atoms with van der Waals surface area (Å²) in [6, 6.07) is 4.19. The number of alkyl halides is 3. The zero-order valence-corrected chi connectivity index (χ0v) is 11.5. The first-order chi connectivity index (χ1) is 8.37. The Morgan fingerprint density at radius 3 is 2.21 bits per heavy atom. The third-order valence-electron chi connectivity index (χ3n) is 2.57. The van der Waals surface area contributed by atoms with Gasteiger partial charge >= 0.3 is 6.18 Å². The zero-order valence-electron chi connectivity index (χ0n) is 10.7. The minimum absolute atomic E-state index is 0. The van der Waals surface area contributed by atoms with E-state index in [1.165, 1.54) is 14.2 Å². The molecule has 3 nitrogen and oxygen atoms in total. The summed E-state index contributed by atoms with van der Waals surface area (Å²) in [4.78, 5) is 0. The van der Waals surface area contributed by atoms with Crippen molar-refractivity contribution in [3.63, 3.8) is 0 Å². The van der Waals surface area contributed by atoms with E-state index < -0.39 is 18.6 Å². The van der Waals surface area contributed by atoms with Crippen molar-refractivity contribution >= 4 is 12.4 Å². The molecule has 0 amide bonds. The number of rotatable bonds is 5. The van der Waals surface area contributed by atoms with Crippen molar-refractivity contribution in [2.45, 2.75) is 25.1 Å². The van der Waals surface area contributed by atoms with Gasteiger partial charge in [0.15, 0.2) is 11.5 Å². The average molecular weight is 300 g/mol. The van der Waals surface area contributed by atoms with Crippen molar-refractivity contribution in [1.82, 2.24) is 0 Å². The van der Waals surface area contributed by atoms with Crippen LogP contribution in [0.1, 0.15) is 24.4 Å². The van der Waals surface area contributed by atoms with E-state index in [0.717, 1.165) is 0 Å². The van der Waals surface area contributed by atoms with Crippen LogP contribution < -0.4 is 15.2 Å². The number of hydrogen-bond donors (Lipinski definition) is 1. The highest BCUT2D eigenvalue weighted by atomic mass is 35.5. The fourth-order valence-corrected chi connectivity index (χ4v) is 1.57. The smallest absolute Gasteiger partial charge is 0.389 e. The maximum Gasteiger partial charge on any atom is 0.389 e. The monoisotopic (exact) mass is 299 g/mol. The fraction of sp³-hybridized carbons (Fsp3) is 0.500. The second-order valence-corrected chi connectivity index (χ2v) is 3.87. The van der Waals surface area contributed by atoms with Crippen LogP contribution in [0.3, 0.4) is 0 Å². The molecule has 2 N–H and O–H groups in total. The number of halogens is 4. The molecule has 0 saturated carbocycles. The van der Waals surface area contributed by atoms with Crippen molar-refractivity contribution in [2.75, 3.05) is 14.2 Å². The summed E-state index contributed by atoms with van der Waals surface area (Å²) in [5.74, 6) is 0.974. The molecule has 0 radical (unpaired) electrons. The Kier molecular flexibility index (Phi) is 7.00. The van der Waals surface area contributed by atoms with E-state index in [1.54, 1.807) is 18.2 Å². The van der Waals surface area contributed by atoms with E-state index >= 15 is 0 Å². The van der Waals surface area contributed by atoms with Crippen LogP contribution in [0.2, 0.25) is 0 Å². The molecule has 110 valence electrons. The standard InChI is InChI=1S/C12H16F3NO2.ClH/c1-17-10-4-3-8(7-11(10)18-2)9(16)5-6-12(13,14)15;/h3-4,7,9H,5-6,16H2,1-2H3;1H/t9-;/m1./s1. The van der Waals surface area contributed by atoms with E-state index in [-0.39, 0.29) is 18.8 Å². The van der Waals surface area contributed by atoms with Gasteiger partial charge in [-0.2, -0.15) is 13.2 Å². The largest absolute Gasteiger partial charge is 0.493 e. The Bertz CT molecular complexity index is 399. The number of benzene rings is 1. The summed E-state index contributed by atoms with van der Waals surface area (Å²) in [6.07, 6.45) is -5.24. The molecule has 1 aromatic rings. The molecule has 1 rings (SSSR count). The lowest BCUT2D eigenvalue weighted by Crippen LogP contribution is -2.15. The zero-order chi connectivity index (χ0) is 13.8. The van der Waals surface area contributed by atoms with Crippen LogP contribution >= 0.6 is 12.4 Å². The molecule has 0 heterocycles. The van der Waals surface area contributed by atoms with Crippen molar-refractivity contribution in [3.8, 4) is 11.5 Å². The molecule has 0 fully saturated rings. The SMILES string of the molecule is COc1ccc([C@H](N)CCC(F)(F)F)cc1OC.Cl. The van der Waals surface area contributed by atoms with E-state index in [1.807, 2.05) is 0 Å². The molecule has 1 aromatic carbocycles. The summed E-state index contributed by atoms with van der Waals surface area (Å²) in [5, 5.41) is 0. The van der Waals surface area contributed by atoms with Gasteiger partial charge in [-0.15, -0.1) is 12.4 Å². The number of methoxy groups -OCH3 is 2. The van der Waals surface area contributed by atoms with Crippen molar-refractivity contribution in [1.29, 1.82) is 0 Å².